The summed E-state index contributed by atoms with van der Waals surface area (Å²) in [6.07, 6.45) is 0. The Bertz CT molecular complexity index is 749. The molecule has 2 rings (SSSR count). The minimum atomic E-state index is -0.251. The summed E-state index contributed by atoms with van der Waals surface area (Å²) >= 11 is 0. The molecule has 0 heterocycles. The monoisotopic (exact) mass is 372 g/mol. The number of ether oxygens (including phenoxy) is 3. The van der Waals surface area contributed by atoms with E-state index in [-0.39, 0.29) is 12.1 Å². The predicted octanol–water partition coefficient (Wildman–Crippen LogP) is 3.80. The summed E-state index contributed by atoms with van der Waals surface area (Å²) in [5.41, 5.74) is 2.96. The molecule has 1 atom stereocenters. The summed E-state index contributed by atoms with van der Waals surface area (Å²) in [4.78, 5) is 12.4. The van der Waals surface area contributed by atoms with E-state index < -0.39 is 0 Å². The molecule has 0 fully saturated rings. The highest BCUT2D eigenvalue weighted by atomic mass is 16.5. The molecule has 6 heteroatoms. The number of urea groups is 1. The van der Waals surface area contributed by atoms with Gasteiger partial charge in [0.25, 0.3) is 0 Å². The molecule has 2 N–H and O–H groups in total. The quantitative estimate of drug-likeness (QED) is 0.702. The lowest BCUT2D eigenvalue weighted by molar-refractivity contribution is 0.133. The summed E-state index contributed by atoms with van der Waals surface area (Å²) in [6.45, 7) is 5.48. The van der Waals surface area contributed by atoms with Crippen LogP contribution in [0.15, 0.2) is 42.5 Å². The molecule has 0 aliphatic rings. The molecule has 2 aromatic carbocycles. The van der Waals surface area contributed by atoms with E-state index in [1.165, 1.54) is 0 Å². The third-order valence-electron chi connectivity index (χ3n) is 4.27. The lowest BCUT2D eigenvalue weighted by Gasteiger charge is -2.19. The minimum Gasteiger partial charge on any atom is -0.497 e. The summed E-state index contributed by atoms with van der Waals surface area (Å²) in [5, 5.41) is 5.84. The van der Waals surface area contributed by atoms with Crippen LogP contribution in [-0.2, 0) is 17.9 Å². The minimum absolute atomic E-state index is 0.242. The average Bonchev–Trinajstić information content (AvgIpc) is 2.70. The number of hydrogen-bond donors (Lipinski definition) is 2. The molecular weight excluding hydrogens is 344 g/mol. The van der Waals surface area contributed by atoms with Crippen LogP contribution in [0.3, 0.4) is 0 Å². The molecular formula is C21H28N2O4. The van der Waals surface area contributed by atoms with E-state index in [1.807, 2.05) is 56.3 Å². The van der Waals surface area contributed by atoms with E-state index in [0.717, 1.165) is 16.7 Å². The van der Waals surface area contributed by atoms with Crippen LogP contribution in [0.1, 0.15) is 36.6 Å². The second kappa shape index (κ2) is 10.4. The molecule has 146 valence electrons. The Hall–Kier alpha value is -2.73. The van der Waals surface area contributed by atoms with Gasteiger partial charge >= 0.3 is 6.03 Å². The van der Waals surface area contributed by atoms with E-state index >= 15 is 0 Å². The number of methoxy groups -OCH3 is 2. The number of hydrogen-bond acceptors (Lipinski definition) is 4. The van der Waals surface area contributed by atoms with Crippen LogP contribution in [0.4, 0.5) is 4.79 Å². The van der Waals surface area contributed by atoms with Crippen molar-refractivity contribution in [2.24, 2.45) is 0 Å². The van der Waals surface area contributed by atoms with Crippen LogP contribution in [-0.4, -0.2) is 26.9 Å². The fourth-order valence-electron chi connectivity index (χ4n) is 2.76. The van der Waals surface area contributed by atoms with Gasteiger partial charge in [-0.2, -0.15) is 0 Å². The van der Waals surface area contributed by atoms with Gasteiger partial charge in [-0.05, 0) is 43.2 Å². The zero-order valence-corrected chi connectivity index (χ0v) is 16.4. The first-order valence-electron chi connectivity index (χ1n) is 8.99. The lowest BCUT2D eigenvalue weighted by atomic mass is 10.1. The number of nitrogens with one attached hydrogen (secondary N) is 2. The zero-order chi connectivity index (χ0) is 19.6. The Morgan fingerprint density at radius 3 is 2.48 bits per heavy atom. The van der Waals surface area contributed by atoms with E-state index in [0.29, 0.717) is 31.3 Å². The van der Waals surface area contributed by atoms with Gasteiger partial charge in [-0.25, -0.2) is 4.79 Å². The molecule has 1 unspecified atom stereocenters. The Labute approximate surface area is 160 Å². The Balaban J connectivity index is 1.98. The zero-order valence-electron chi connectivity index (χ0n) is 16.4. The standard InChI is InChI=1S/C21H28N2O4/c1-5-27-14-17-9-7-6-8-16(17)13-22-21(24)23-15(2)19-12-18(25-3)10-11-20(19)26-4/h6-12,15H,5,13-14H2,1-4H3,(H2,22,23,24). The Morgan fingerprint density at radius 1 is 1.07 bits per heavy atom. The highest BCUT2D eigenvalue weighted by Crippen LogP contribution is 2.29. The molecule has 0 radical (unpaired) electrons. The summed E-state index contributed by atoms with van der Waals surface area (Å²) in [5.74, 6) is 1.41. The summed E-state index contributed by atoms with van der Waals surface area (Å²) in [6, 6.07) is 12.9. The van der Waals surface area contributed by atoms with Crippen LogP contribution in [0.2, 0.25) is 0 Å². The molecule has 0 aliphatic heterocycles. The summed E-state index contributed by atoms with van der Waals surface area (Å²) in [7, 11) is 3.21. The average molecular weight is 372 g/mol. The molecule has 0 aliphatic carbocycles. The van der Waals surface area contributed by atoms with Crippen molar-refractivity contribution in [1.29, 1.82) is 0 Å². The van der Waals surface area contributed by atoms with Gasteiger partial charge < -0.3 is 24.8 Å². The van der Waals surface area contributed by atoms with Crippen LogP contribution in [0.5, 0.6) is 11.5 Å². The lowest BCUT2D eigenvalue weighted by Crippen LogP contribution is -2.36. The van der Waals surface area contributed by atoms with Gasteiger partial charge in [-0.1, -0.05) is 24.3 Å². The van der Waals surface area contributed by atoms with Gasteiger partial charge in [0, 0.05) is 18.7 Å². The SMILES string of the molecule is CCOCc1ccccc1CNC(=O)NC(C)c1cc(OC)ccc1OC. The van der Waals surface area contributed by atoms with Crippen molar-refractivity contribution in [3.63, 3.8) is 0 Å². The van der Waals surface area contributed by atoms with Gasteiger partial charge in [0.15, 0.2) is 0 Å². The van der Waals surface area contributed by atoms with Crippen molar-refractivity contribution in [2.45, 2.75) is 33.0 Å². The van der Waals surface area contributed by atoms with Crippen molar-refractivity contribution >= 4 is 6.03 Å². The third kappa shape index (κ3) is 5.89. The molecule has 0 spiro atoms. The Kier molecular flexibility index (Phi) is 7.95. The topological polar surface area (TPSA) is 68.8 Å². The van der Waals surface area contributed by atoms with E-state index in [9.17, 15) is 4.79 Å². The maximum Gasteiger partial charge on any atom is 0.315 e. The highest BCUT2D eigenvalue weighted by molar-refractivity contribution is 5.74. The number of amides is 2. The first-order chi connectivity index (χ1) is 13.1. The maximum absolute atomic E-state index is 12.4. The van der Waals surface area contributed by atoms with Gasteiger partial charge in [-0.3, -0.25) is 0 Å². The van der Waals surface area contributed by atoms with E-state index in [1.54, 1.807) is 14.2 Å². The Morgan fingerprint density at radius 2 is 1.81 bits per heavy atom. The first kappa shape index (κ1) is 20.6. The molecule has 6 nitrogen and oxygen atoms in total. The smallest absolute Gasteiger partial charge is 0.315 e. The summed E-state index contributed by atoms with van der Waals surface area (Å²) < 4.78 is 16.1. The highest BCUT2D eigenvalue weighted by Gasteiger charge is 2.15. The first-order valence-corrected chi connectivity index (χ1v) is 8.99. The molecule has 27 heavy (non-hydrogen) atoms. The second-order valence-electron chi connectivity index (χ2n) is 6.06. The fourth-order valence-corrected chi connectivity index (χ4v) is 2.76. The number of benzene rings is 2. The van der Waals surface area contributed by atoms with Crippen LogP contribution >= 0.6 is 0 Å². The van der Waals surface area contributed by atoms with Crippen molar-refractivity contribution < 1.29 is 19.0 Å². The second-order valence-corrected chi connectivity index (χ2v) is 6.06. The normalized spacial score (nSPS) is 11.6. The molecule has 2 aromatic rings. The number of carbonyl (C=O) groups excluding carboxylic acids is 1. The molecule has 2 amide bonds. The van der Waals surface area contributed by atoms with Crippen molar-refractivity contribution in [3.05, 3.63) is 59.2 Å². The number of rotatable bonds is 9. The fraction of sp³-hybridized carbons (Fsp3) is 0.381. The van der Waals surface area contributed by atoms with E-state index in [4.69, 9.17) is 14.2 Å². The van der Waals surface area contributed by atoms with Gasteiger partial charge in [0.1, 0.15) is 11.5 Å². The van der Waals surface area contributed by atoms with Crippen molar-refractivity contribution in [2.75, 3.05) is 20.8 Å². The van der Waals surface area contributed by atoms with Gasteiger partial charge in [-0.15, -0.1) is 0 Å². The maximum atomic E-state index is 12.4. The van der Waals surface area contributed by atoms with Crippen molar-refractivity contribution in [3.8, 4) is 11.5 Å². The van der Waals surface area contributed by atoms with Gasteiger partial charge in [0.2, 0.25) is 0 Å². The van der Waals surface area contributed by atoms with Crippen LogP contribution in [0.25, 0.3) is 0 Å². The molecule has 0 saturated carbocycles. The van der Waals surface area contributed by atoms with Crippen LogP contribution < -0.4 is 20.1 Å². The largest absolute Gasteiger partial charge is 0.497 e. The number of carbonyl (C=O) groups is 1. The molecule has 0 aromatic heterocycles. The third-order valence-corrected chi connectivity index (χ3v) is 4.27. The predicted molar refractivity (Wildman–Crippen MR) is 105 cm³/mol. The van der Waals surface area contributed by atoms with Crippen molar-refractivity contribution in [1.82, 2.24) is 10.6 Å². The molecule has 0 bridgehead atoms. The van der Waals surface area contributed by atoms with Crippen LogP contribution in [0, 0.1) is 0 Å². The van der Waals surface area contributed by atoms with Gasteiger partial charge in [0.05, 0.1) is 26.9 Å². The van der Waals surface area contributed by atoms with E-state index in [2.05, 4.69) is 10.6 Å². The molecule has 0 saturated heterocycles.